The van der Waals surface area contributed by atoms with Crippen molar-refractivity contribution in [3.05, 3.63) is 83.9 Å². The van der Waals surface area contributed by atoms with Crippen molar-refractivity contribution in [2.24, 2.45) is 0 Å². The van der Waals surface area contributed by atoms with E-state index in [2.05, 4.69) is 5.32 Å². The molecular formula is C21H17NO2. The molecule has 0 heterocycles. The molecule has 24 heavy (non-hydrogen) atoms. The zero-order valence-corrected chi connectivity index (χ0v) is 13.3. The molecule has 0 aromatic heterocycles. The maximum atomic E-state index is 12.5. The maximum absolute atomic E-state index is 12.5. The van der Waals surface area contributed by atoms with Gasteiger partial charge in [0, 0.05) is 18.2 Å². The highest BCUT2D eigenvalue weighted by Gasteiger charge is 2.06. The topological polar surface area (TPSA) is 46.2 Å². The van der Waals surface area contributed by atoms with Crippen LogP contribution < -0.4 is 5.32 Å². The summed E-state index contributed by atoms with van der Waals surface area (Å²) < 4.78 is 0. The van der Waals surface area contributed by atoms with Crippen LogP contribution in [0.1, 0.15) is 22.8 Å². The van der Waals surface area contributed by atoms with Crippen LogP contribution in [-0.2, 0) is 4.79 Å². The van der Waals surface area contributed by atoms with Gasteiger partial charge in [-0.3, -0.25) is 9.59 Å². The van der Waals surface area contributed by atoms with Crippen LogP contribution in [0.2, 0.25) is 0 Å². The Morgan fingerprint density at radius 2 is 1.58 bits per heavy atom. The second-order valence-corrected chi connectivity index (χ2v) is 5.53. The normalized spacial score (nSPS) is 10.9. The Kier molecular flexibility index (Phi) is 4.52. The van der Waals surface area contributed by atoms with Crippen LogP contribution in [0.3, 0.4) is 0 Å². The molecule has 3 rings (SSSR count). The zero-order chi connectivity index (χ0) is 16.9. The Labute approximate surface area is 140 Å². The van der Waals surface area contributed by atoms with Crippen LogP contribution in [0.4, 0.5) is 5.69 Å². The van der Waals surface area contributed by atoms with Gasteiger partial charge in [0.05, 0.1) is 0 Å². The number of hydrogen-bond donors (Lipinski definition) is 1. The average molecular weight is 315 g/mol. The maximum Gasteiger partial charge on any atom is 0.221 e. The summed E-state index contributed by atoms with van der Waals surface area (Å²) in [5.41, 5.74) is 2.33. The Balaban J connectivity index is 1.81. The molecule has 0 aliphatic carbocycles. The fraction of sp³-hybridized carbons (Fsp3) is 0.0476. The molecule has 0 saturated carbocycles. The number of ketones is 1. The number of hydrogen-bond acceptors (Lipinski definition) is 2. The number of amides is 1. The Morgan fingerprint density at radius 3 is 2.33 bits per heavy atom. The van der Waals surface area contributed by atoms with Crippen LogP contribution in [0.5, 0.6) is 0 Å². The van der Waals surface area contributed by atoms with Gasteiger partial charge in [0.2, 0.25) is 5.91 Å². The molecule has 0 saturated heterocycles. The number of rotatable bonds is 4. The number of allylic oxidation sites excluding steroid dienone is 1. The Hall–Kier alpha value is -3.20. The van der Waals surface area contributed by atoms with E-state index in [1.807, 2.05) is 66.7 Å². The minimum absolute atomic E-state index is 0.0299. The molecule has 0 unspecified atom stereocenters. The average Bonchev–Trinajstić information content (AvgIpc) is 2.60. The van der Waals surface area contributed by atoms with Crippen molar-refractivity contribution >= 4 is 34.2 Å². The standard InChI is InChI=1S/C21H17NO2/c1-15(23)22-18-12-9-16(10-13-18)11-14-21(24)20-8-4-6-17-5-2-3-7-19(17)20/h2-14H,1H3,(H,22,23)/b14-11+. The first-order valence-corrected chi connectivity index (χ1v) is 7.71. The third-order valence-electron chi connectivity index (χ3n) is 3.71. The lowest BCUT2D eigenvalue weighted by Gasteiger charge is -2.03. The molecule has 0 radical (unpaired) electrons. The number of nitrogens with one attached hydrogen (secondary N) is 1. The second-order valence-electron chi connectivity index (χ2n) is 5.53. The van der Waals surface area contributed by atoms with E-state index in [1.165, 1.54) is 6.92 Å². The van der Waals surface area contributed by atoms with Crippen molar-refractivity contribution in [3.8, 4) is 0 Å². The highest BCUT2D eigenvalue weighted by molar-refractivity contribution is 6.14. The van der Waals surface area contributed by atoms with Crippen LogP contribution in [0, 0.1) is 0 Å². The van der Waals surface area contributed by atoms with Gasteiger partial charge in [-0.1, -0.05) is 60.7 Å². The highest BCUT2D eigenvalue weighted by atomic mass is 16.1. The molecule has 0 bridgehead atoms. The van der Waals surface area contributed by atoms with E-state index in [4.69, 9.17) is 0 Å². The monoisotopic (exact) mass is 315 g/mol. The van der Waals surface area contributed by atoms with Gasteiger partial charge in [-0.25, -0.2) is 0 Å². The highest BCUT2D eigenvalue weighted by Crippen LogP contribution is 2.19. The van der Waals surface area contributed by atoms with E-state index in [0.717, 1.165) is 22.0 Å². The number of anilines is 1. The number of carbonyl (C=O) groups is 2. The van der Waals surface area contributed by atoms with Crippen molar-refractivity contribution in [1.29, 1.82) is 0 Å². The van der Waals surface area contributed by atoms with Gasteiger partial charge < -0.3 is 5.32 Å². The molecule has 3 nitrogen and oxygen atoms in total. The number of carbonyl (C=O) groups excluding carboxylic acids is 2. The zero-order valence-electron chi connectivity index (χ0n) is 13.3. The predicted molar refractivity (Wildman–Crippen MR) is 98.1 cm³/mol. The van der Waals surface area contributed by atoms with E-state index in [9.17, 15) is 9.59 Å². The fourth-order valence-corrected chi connectivity index (χ4v) is 2.58. The Bertz CT molecular complexity index is 919. The molecule has 3 aromatic carbocycles. The molecule has 1 N–H and O–H groups in total. The van der Waals surface area contributed by atoms with Crippen molar-refractivity contribution in [2.45, 2.75) is 6.92 Å². The van der Waals surface area contributed by atoms with Crippen LogP contribution in [-0.4, -0.2) is 11.7 Å². The van der Waals surface area contributed by atoms with Crippen molar-refractivity contribution in [1.82, 2.24) is 0 Å². The summed E-state index contributed by atoms with van der Waals surface area (Å²) in [7, 11) is 0. The summed E-state index contributed by atoms with van der Waals surface area (Å²) in [6.07, 6.45) is 3.36. The van der Waals surface area contributed by atoms with Gasteiger partial charge in [0.15, 0.2) is 5.78 Å². The van der Waals surface area contributed by atoms with E-state index in [-0.39, 0.29) is 11.7 Å². The van der Waals surface area contributed by atoms with Crippen molar-refractivity contribution < 1.29 is 9.59 Å². The second kappa shape index (κ2) is 6.92. The van der Waals surface area contributed by atoms with Crippen LogP contribution in [0.25, 0.3) is 16.8 Å². The molecule has 0 aliphatic rings. The quantitative estimate of drug-likeness (QED) is 0.560. The largest absolute Gasteiger partial charge is 0.326 e. The summed E-state index contributed by atoms with van der Waals surface area (Å²) in [4.78, 5) is 23.5. The van der Waals surface area contributed by atoms with E-state index >= 15 is 0 Å². The summed E-state index contributed by atoms with van der Waals surface area (Å²) >= 11 is 0. The lowest BCUT2D eigenvalue weighted by Crippen LogP contribution is -2.05. The molecule has 0 fully saturated rings. The molecule has 0 aliphatic heterocycles. The van der Waals surface area contributed by atoms with E-state index < -0.39 is 0 Å². The van der Waals surface area contributed by atoms with Crippen molar-refractivity contribution in [3.63, 3.8) is 0 Å². The first-order valence-electron chi connectivity index (χ1n) is 7.71. The molecule has 0 spiro atoms. The lowest BCUT2D eigenvalue weighted by atomic mass is 10.0. The first-order chi connectivity index (χ1) is 11.6. The summed E-state index contributed by atoms with van der Waals surface area (Å²) in [6.45, 7) is 1.47. The minimum Gasteiger partial charge on any atom is -0.326 e. The van der Waals surface area contributed by atoms with Crippen LogP contribution >= 0.6 is 0 Å². The molecule has 3 aromatic rings. The van der Waals surface area contributed by atoms with Gasteiger partial charge >= 0.3 is 0 Å². The molecule has 3 heteroatoms. The minimum atomic E-state index is -0.107. The van der Waals surface area contributed by atoms with E-state index in [1.54, 1.807) is 12.2 Å². The molecule has 0 atom stereocenters. The van der Waals surface area contributed by atoms with Gasteiger partial charge in [-0.2, -0.15) is 0 Å². The van der Waals surface area contributed by atoms with Crippen molar-refractivity contribution in [2.75, 3.05) is 5.32 Å². The summed E-state index contributed by atoms with van der Waals surface area (Å²) in [5.74, 6) is -0.137. The van der Waals surface area contributed by atoms with Gasteiger partial charge in [0.25, 0.3) is 0 Å². The third kappa shape index (κ3) is 3.58. The van der Waals surface area contributed by atoms with Gasteiger partial charge in [-0.05, 0) is 34.5 Å². The fourth-order valence-electron chi connectivity index (χ4n) is 2.58. The lowest BCUT2D eigenvalue weighted by molar-refractivity contribution is -0.114. The molecular weight excluding hydrogens is 298 g/mol. The number of benzene rings is 3. The Morgan fingerprint density at radius 1 is 0.875 bits per heavy atom. The smallest absolute Gasteiger partial charge is 0.221 e. The first kappa shape index (κ1) is 15.7. The summed E-state index contributed by atoms with van der Waals surface area (Å²) in [6, 6.07) is 20.9. The van der Waals surface area contributed by atoms with Gasteiger partial charge in [0.1, 0.15) is 0 Å². The molecule has 118 valence electrons. The predicted octanol–water partition coefficient (Wildman–Crippen LogP) is 4.69. The van der Waals surface area contributed by atoms with E-state index in [0.29, 0.717) is 5.56 Å². The SMILES string of the molecule is CC(=O)Nc1ccc(/C=C/C(=O)c2cccc3ccccc23)cc1. The number of fused-ring (bicyclic) bond motifs is 1. The van der Waals surface area contributed by atoms with Gasteiger partial charge in [-0.15, -0.1) is 0 Å². The molecule has 1 amide bonds. The van der Waals surface area contributed by atoms with Crippen LogP contribution in [0.15, 0.2) is 72.8 Å². The third-order valence-corrected chi connectivity index (χ3v) is 3.71. The summed E-state index contributed by atoms with van der Waals surface area (Å²) in [5, 5.41) is 4.72.